The smallest absolute Gasteiger partial charge is 0.457 e. The van der Waals surface area contributed by atoms with Crippen molar-refractivity contribution in [1.29, 1.82) is 0 Å². The second-order valence-corrected chi connectivity index (χ2v) is 22.5. The molecule has 0 radical (unpaired) electrons. The number of carbonyl (C=O) groups excluding carboxylic acids is 4. The number of amides is 3. The molecule has 0 saturated heterocycles. The summed E-state index contributed by atoms with van der Waals surface area (Å²) < 4.78 is 377. The number of nitrogens with zero attached hydrogens (tertiary/aromatic N) is 3. The highest BCUT2D eigenvalue weighted by Gasteiger charge is 2.92. The third-order valence-electron chi connectivity index (χ3n) is 14.1. The first kappa shape index (κ1) is 75.5. The third kappa shape index (κ3) is 13.7. The van der Waals surface area contributed by atoms with E-state index in [9.17, 15) is 133 Å². The highest BCUT2D eigenvalue weighted by atomic mass is 32.1. The van der Waals surface area contributed by atoms with Crippen molar-refractivity contribution in [2.75, 3.05) is 13.2 Å². The molecule has 520 valence electrons. The van der Waals surface area contributed by atoms with Crippen LogP contribution in [0.2, 0.25) is 0 Å². The average molecular weight is 1430 g/mol. The van der Waals surface area contributed by atoms with E-state index in [1.165, 1.54) is 37.6 Å². The summed E-state index contributed by atoms with van der Waals surface area (Å²) in [4.78, 5) is 64.4. The van der Waals surface area contributed by atoms with E-state index in [2.05, 4.69) is 37.5 Å². The van der Waals surface area contributed by atoms with Crippen molar-refractivity contribution in [3.8, 4) is 11.1 Å². The Bertz CT molecular complexity index is 3510. The van der Waals surface area contributed by atoms with Gasteiger partial charge < -0.3 is 29.8 Å². The van der Waals surface area contributed by atoms with E-state index in [0.29, 0.717) is 29.3 Å². The SMILES string of the molecule is C=CCOC(=O)c1csc([C@H](C)NC(=O)c2csc([C@@H](C)NC(=O)c3nc([C@@H](C)NC(=O)OCC4c5cc(CCC(F)(F)C(F)(F)C(F)(F)C(F)(F)C(F)(F)C(F)(F)F)ccc5-c5ccc(CCC(F)(F)C(F)(F)C(F)(F)C(F)(F)C(F)(F)C(F)(F)F)cc54)oc3C)n2)n1. The van der Waals surface area contributed by atoms with Crippen molar-refractivity contribution < 1.29 is 147 Å². The van der Waals surface area contributed by atoms with Gasteiger partial charge in [0.1, 0.15) is 40.7 Å². The molecule has 41 heteroatoms. The number of aromatic nitrogens is 3. The number of alkyl carbamates (subject to hydrolysis) is 1. The van der Waals surface area contributed by atoms with E-state index in [1.54, 1.807) is 6.92 Å². The lowest BCUT2D eigenvalue weighted by molar-refractivity contribution is -0.440. The van der Waals surface area contributed by atoms with Crippen molar-refractivity contribution in [2.45, 2.75) is 149 Å². The van der Waals surface area contributed by atoms with Gasteiger partial charge in [-0.1, -0.05) is 49.1 Å². The van der Waals surface area contributed by atoms with Crippen LogP contribution in [0.25, 0.3) is 11.1 Å². The number of hydrogen-bond acceptors (Lipinski definition) is 12. The van der Waals surface area contributed by atoms with Gasteiger partial charge in [0.2, 0.25) is 5.89 Å². The average Bonchev–Trinajstić information content (AvgIpc) is 0.965. The van der Waals surface area contributed by atoms with Gasteiger partial charge in [-0.15, -0.1) is 22.7 Å². The normalized spacial score (nSPS) is 15.2. The Morgan fingerprint density at radius 3 is 1.37 bits per heavy atom. The Morgan fingerprint density at radius 1 is 0.543 bits per heavy atom. The number of fused-ring (bicyclic) bond motifs is 3. The van der Waals surface area contributed by atoms with Crippen LogP contribution in [0.15, 0.2) is 64.2 Å². The summed E-state index contributed by atoms with van der Waals surface area (Å²) in [5, 5.41) is 10.7. The highest BCUT2D eigenvalue weighted by Crippen LogP contribution is 2.63. The number of ether oxygens (including phenoxy) is 2. The number of benzene rings is 2. The first-order valence-corrected chi connectivity index (χ1v) is 27.8. The number of thiazole rings is 2. The first-order chi connectivity index (χ1) is 42.7. The van der Waals surface area contributed by atoms with Gasteiger partial charge in [0.05, 0.1) is 12.1 Å². The number of esters is 1. The van der Waals surface area contributed by atoms with Crippen molar-refractivity contribution in [1.82, 2.24) is 30.9 Å². The van der Waals surface area contributed by atoms with E-state index >= 15 is 0 Å². The van der Waals surface area contributed by atoms with Crippen LogP contribution < -0.4 is 16.0 Å². The summed E-state index contributed by atoms with van der Waals surface area (Å²) in [5.74, 6) is -82.1. The summed E-state index contributed by atoms with van der Waals surface area (Å²) in [6, 6.07) is 1.38. The van der Waals surface area contributed by atoms with Crippen LogP contribution in [0.4, 0.5) is 119 Å². The summed E-state index contributed by atoms with van der Waals surface area (Å²) in [7, 11) is 0. The Kier molecular flexibility index (Phi) is 20.8. The fourth-order valence-electron chi connectivity index (χ4n) is 8.76. The molecule has 13 nitrogen and oxygen atoms in total. The molecule has 6 rings (SSSR count). The van der Waals surface area contributed by atoms with Crippen LogP contribution >= 0.6 is 22.7 Å². The van der Waals surface area contributed by atoms with Crippen LogP contribution in [-0.4, -0.2) is 124 Å². The van der Waals surface area contributed by atoms with Crippen LogP contribution in [0, 0.1) is 6.92 Å². The van der Waals surface area contributed by atoms with E-state index in [-0.39, 0.29) is 51.0 Å². The number of carbonyl (C=O) groups is 4. The van der Waals surface area contributed by atoms with Crippen molar-refractivity contribution in [3.63, 3.8) is 0 Å². The molecule has 3 atom stereocenters. The van der Waals surface area contributed by atoms with Gasteiger partial charge in [-0.05, 0) is 73.9 Å². The number of hydrogen-bond donors (Lipinski definition) is 3. The largest absolute Gasteiger partial charge is 0.460 e. The molecule has 0 fully saturated rings. The lowest BCUT2D eigenvalue weighted by atomic mass is 9.90. The van der Waals surface area contributed by atoms with Gasteiger partial charge in [0.15, 0.2) is 11.4 Å². The molecule has 1 aliphatic rings. The molecule has 3 aromatic heterocycles. The number of alkyl halides is 26. The quantitative estimate of drug-likeness (QED) is 0.0261. The summed E-state index contributed by atoms with van der Waals surface area (Å²) in [6.07, 6.45) is -24.5. The minimum atomic E-state index is -8.24. The molecule has 3 heterocycles. The highest BCUT2D eigenvalue weighted by molar-refractivity contribution is 7.10. The monoisotopic (exact) mass is 1430 g/mol. The predicted octanol–water partition coefficient (Wildman–Crippen LogP) is 16.2. The maximum absolute atomic E-state index is 14.9. The van der Waals surface area contributed by atoms with Crippen molar-refractivity contribution >= 4 is 46.6 Å². The number of aryl methyl sites for hydroxylation is 3. The minimum Gasteiger partial charge on any atom is -0.457 e. The summed E-state index contributed by atoms with van der Waals surface area (Å²) in [6.45, 7) is 7.68. The lowest BCUT2D eigenvalue weighted by Gasteiger charge is -2.39. The molecule has 3 N–H and O–H groups in total. The molecule has 2 aromatic carbocycles. The van der Waals surface area contributed by atoms with Gasteiger partial charge in [0, 0.05) is 29.5 Å². The fourth-order valence-corrected chi connectivity index (χ4v) is 10.4. The van der Waals surface area contributed by atoms with E-state index < -0.39 is 174 Å². The molecule has 0 saturated carbocycles. The van der Waals surface area contributed by atoms with Gasteiger partial charge in [-0.3, -0.25) is 9.59 Å². The summed E-state index contributed by atoms with van der Waals surface area (Å²) >= 11 is 2.00. The van der Waals surface area contributed by atoms with Crippen LogP contribution in [-0.2, 0) is 22.3 Å². The third-order valence-corrected chi connectivity index (χ3v) is 16.1. The number of oxazole rings is 1. The molecule has 3 amide bonds. The maximum atomic E-state index is 14.9. The van der Waals surface area contributed by atoms with Crippen molar-refractivity contribution in [2.24, 2.45) is 0 Å². The molecule has 0 spiro atoms. The molecule has 5 aromatic rings. The molecule has 0 aliphatic heterocycles. The van der Waals surface area contributed by atoms with Crippen LogP contribution in [0.5, 0.6) is 0 Å². The second-order valence-electron chi connectivity index (χ2n) is 20.7. The van der Waals surface area contributed by atoms with E-state index in [0.717, 1.165) is 34.8 Å². The standard InChI is InChI=1S/C53H42F26N6O7S2/c1-6-15-90-40(88)33-20-94-39(84-33)22(3)80-35(86)32-19-93-38(83-32)23(4)81-36(87)34-24(5)92-37(85-34)21(2)82-41(89)91-18-31-29-16-25(11-13-42(54,55)44(58,59)46(62,63)48(66,67)50(70,71)52(74,75)76)7-9-27(29)28-10-8-26(17-30(28)31)12-14-43(56,57)45(60,61)47(64,65)49(68,69)51(72,73)53(77,78)79/h6-10,16-17,19-23,31H,1,11-15,18H2,2-5H3,(H,80,86)(H,81,87)(H,82,89)/t21-,22+,23-/m1/s1. The van der Waals surface area contributed by atoms with Gasteiger partial charge in [-0.2, -0.15) is 114 Å². The maximum Gasteiger partial charge on any atom is 0.460 e. The Balaban J connectivity index is 1.21. The Morgan fingerprint density at radius 2 is 0.947 bits per heavy atom. The minimum absolute atomic E-state index is 0.0165. The zero-order chi connectivity index (χ0) is 71.5. The second kappa shape index (κ2) is 25.9. The Labute approximate surface area is 517 Å². The van der Waals surface area contributed by atoms with Crippen molar-refractivity contribution in [3.05, 3.63) is 121 Å². The van der Waals surface area contributed by atoms with Crippen LogP contribution in [0.3, 0.4) is 0 Å². The topological polar surface area (TPSA) is 175 Å². The van der Waals surface area contributed by atoms with E-state index in [1.807, 2.05) is 0 Å². The lowest BCUT2D eigenvalue weighted by Crippen LogP contribution is -2.70. The molecule has 0 bridgehead atoms. The van der Waals surface area contributed by atoms with Gasteiger partial charge >= 0.3 is 83.6 Å². The number of rotatable bonds is 27. The molecule has 1 aliphatic carbocycles. The first-order valence-electron chi connectivity index (χ1n) is 26.1. The molecular weight excluding hydrogens is 1390 g/mol. The molecular formula is C53H42F26N6O7S2. The zero-order valence-electron chi connectivity index (χ0n) is 47.3. The number of nitrogens with one attached hydrogen (secondary N) is 3. The molecule has 0 unspecified atom stereocenters. The predicted molar refractivity (Wildman–Crippen MR) is 273 cm³/mol. The van der Waals surface area contributed by atoms with Gasteiger partial charge in [0.25, 0.3) is 11.8 Å². The van der Waals surface area contributed by atoms with Gasteiger partial charge in [-0.25, -0.2) is 24.5 Å². The fraction of sp³-hybridized carbons (Fsp3) is 0.491. The van der Waals surface area contributed by atoms with Crippen LogP contribution in [0.1, 0.15) is 133 Å². The molecule has 94 heavy (non-hydrogen) atoms. The summed E-state index contributed by atoms with van der Waals surface area (Å²) in [5.41, 5.74) is -3.14. The number of halogens is 26. The Hall–Kier alpha value is -7.49. The van der Waals surface area contributed by atoms with E-state index in [4.69, 9.17) is 13.9 Å². The zero-order valence-corrected chi connectivity index (χ0v) is 48.9.